The van der Waals surface area contributed by atoms with E-state index >= 15 is 0 Å². The fraction of sp³-hybridized carbons (Fsp3) is 0.400. The maximum absolute atomic E-state index is 11.5. The van der Waals surface area contributed by atoms with Crippen LogP contribution in [0.5, 0.6) is 0 Å². The molecule has 0 aliphatic carbocycles. The zero-order valence-electron chi connectivity index (χ0n) is 8.05. The van der Waals surface area contributed by atoms with E-state index in [0.29, 0.717) is 6.42 Å². The van der Waals surface area contributed by atoms with Gasteiger partial charge in [-0.05, 0) is 18.6 Å². The van der Waals surface area contributed by atoms with Gasteiger partial charge in [0.1, 0.15) is 0 Å². The minimum absolute atomic E-state index is 0.000605. The van der Waals surface area contributed by atoms with E-state index in [9.17, 15) is 4.79 Å². The Hall–Kier alpha value is -1.42. The first kappa shape index (κ1) is 9.15. The number of likely N-dealkylation sites (tertiary alicyclic amines) is 1. The Balaban J connectivity index is 2.26. The highest BCUT2D eigenvalue weighted by atomic mass is 16.2. The average molecular weight is 191 g/mol. The number of hydrogen-bond acceptors (Lipinski definition) is 3. The van der Waals surface area contributed by atoms with Crippen molar-refractivity contribution < 1.29 is 4.79 Å². The highest BCUT2D eigenvalue weighted by molar-refractivity contribution is 5.84. The molecule has 2 atom stereocenters. The number of likely N-dealkylation sites (N-methyl/N-ethyl adjacent to an activating group) is 1. The highest BCUT2D eigenvalue weighted by Gasteiger charge is 2.36. The van der Waals surface area contributed by atoms with Crippen molar-refractivity contribution >= 4 is 5.91 Å². The fourth-order valence-corrected chi connectivity index (χ4v) is 1.81. The molecule has 1 aromatic rings. The summed E-state index contributed by atoms with van der Waals surface area (Å²) in [7, 11) is 1.77. The number of pyridine rings is 1. The number of nitrogens with zero attached hydrogens (tertiary/aromatic N) is 2. The van der Waals surface area contributed by atoms with Gasteiger partial charge in [0.25, 0.3) is 0 Å². The molecule has 0 radical (unpaired) electrons. The van der Waals surface area contributed by atoms with E-state index in [0.717, 1.165) is 5.69 Å². The lowest BCUT2D eigenvalue weighted by Gasteiger charge is -2.18. The van der Waals surface area contributed by atoms with Gasteiger partial charge in [0.05, 0.1) is 17.8 Å². The quantitative estimate of drug-likeness (QED) is 0.695. The molecule has 0 spiro atoms. The van der Waals surface area contributed by atoms with E-state index in [2.05, 4.69) is 4.98 Å². The smallest absolute Gasteiger partial charge is 0.239 e. The Morgan fingerprint density at radius 2 is 2.36 bits per heavy atom. The molecule has 0 unspecified atom stereocenters. The number of carbonyl (C=O) groups is 1. The number of aromatic nitrogens is 1. The largest absolute Gasteiger partial charge is 0.336 e. The van der Waals surface area contributed by atoms with Crippen LogP contribution in [0.4, 0.5) is 0 Å². The topological polar surface area (TPSA) is 59.2 Å². The fourth-order valence-electron chi connectivity index (χ4n) is 1.81. The summed E-state index contributed by atoms with van der Waals surface area (Å²) < 4.78 is 0. The number of carbonyl (C=O) groups excluding carboxylic acids is 1. The standard InChI is InChI=1S/C10H13N3O/c1-13-9(6-7(11)10(13)14)8-4-2-3-5-12-8/h2-5,7,9H,6,11H2,1H3/t7-,9+/m1/s1. The molecule has 0 bridgehead atoms. The molecule has 1 aliphatic rings. The first-order valence-electron chi connectivity index (χ1n) is 4.63. The highest BCUT2D eigenvalue weighted by Crippen LogP contribution is 2.28. The monoisotopic (exact) mass is 191 g/mol. The van der Waals surface area contributed by atoms with Gasteiger partial charge in [-0.2, -0.15) is 0 Å². The van der Waals surface area contributed by atoms with Crippen LogP contribution in [0.15, 0.2) is 24.4 Å². The lowest BCUT2D eigenvalue weighted by molar-refractivity contribution is -0.128. The second-order valence-corrected chi connectivity index (χ2v) is 3.56. The van der Waals surface area contributed by atoms with Gasteiger partial charge in [-0.3, -0.25) is 9.78 Å². The second-order valence-electron chi connectivity index (χ2n) is 3.56. The number of rotatable bonds is 1. The zero-order valence-corrected chi connectivity index (χ0v) is 8.05. The van der Waals surface area contributed by atoms with E-state index < -0.39 is 0 Å². The molecule has 74 valence electrons. The average Bonchev–Trinajstić information content (AvgIpc) is 2.47. The summed E-state index contributed by atoms with van der Waals surface area (Å²) in [6.45, 7) is 0. The lowest BCUT2D eigenvalue weighted by atomic mass is 10.1. The van der Waals surface area contributed by atoms with Crippen molar-refractivity contribution in [2.45, 2.75) is 18.5 Å². The molecule has 1 aliphatic heterocycles. The summed E-state index contributed by atoms with van der Waals surface area (Å²) in [6, 6.07) is 5.38. The Bertz CT molecular complexity index is 338. The third kappa shape index (κ3) is 1.37. The predicted molar refractivity (Wildman–Crippen MR) is 52.3 cm³/mol. The van der Waals surface area contributed by atoms with Crippen LogP contribution in [-0.2, 0) is 4.79 Å². The second kappa shape index (κ2) is 3.38. The van der Waals surface area contributed by atoms with Gasteiger partial charge in [0.2, 0.25) is 5.91 Å². The van der Waals surface area contributed by atoms with Crippen LogP contribution in [-0.4, -0.2) is 28.9 Å². The van der Waals surface area contributed by atoms with Crippen LogP contribution in [0.1, 0.15) is 18.2 Å². The summed E-state index contributed by atoms with van der Waals surface area (Å²) in [6.07, 6.45) is 2.39. The minimum atomic E-state index is -0.369. The van der Waals surface area contributed by atoms with Gasteiger partial charge in [0, 0.05) is 13.2 Å². The van der Waals surface area contributed by atoms with E-state index in [1.54, 1.807) is 18.1 Å². The third-order valence-electron chi connectivity index (χ3n) is 2.64. The molecule has 2 rings (SSSR count). The van der Waals surface area contributed by atoms with Crippen LogP contribution in [0.2, 0.25) is 0 Å². The van der Waals surface area contributed by atoms with E-state index in [1.807, 2.05) is 18.2 Å². The molecule has 4 nitrogen and oxygen atoms in total. The van der Waals surface area contributed by atoms with Crippen LogP contribution in [0.3, 0.4) is 0 Å². The van der Waals surface area contributed by atoms with Gasteiger partial charge in [0.15, 0.2) is 0 Å². The first-order valence-corrected chi connectivity index (χ1v) is 4.63. The molecule has 0 aromatic carbocycles. The summed E-state index contributed by atoms with van der Waals surface area (Å²) in [5, 5.41) is 0. The van der Waals surface area contributed by atoms with Gasteiger partial charge >= 0.3 is 0 Å². The molecular weight excluding hydrogens is 178 g/mol. The number of amides is 1. The van der Waals surface area contributed by atoms with Crippen molar-refractivity contribution in [3.63, 3.8) is 0 Å². The molecule has 1 aromatic heterocycles. The number of hydrogen-bond donors (Lipinski definition) is 1. The molecular formula is C10H13N3O. The Kier molecular flexibility index (Phi) is 2.21. The lowest BCUT2D eigenvalue weighted by Crippen LogP contribution is -2.31. The molecule has 2 heterocycles. The maximum atomic E-state index is 11.5. The zero-order chi connectivity index (χ0) is 10.1. The van der Waals surface area contributed by atoms with Crippen LogP contribution in [0, 0.1) is 0 Å². The van der Waals surface area contributed by atoms with E-state index in [1.165, 1.54) is 0 Å². The van der Waals surface area contributed by atoms with Crippen molar-refractivity contribution in [3.05, 3.63) is 30.1 Å². The van der Waals surface area contributed by atoms with Crippen molar-refractivity contribution in [3.8, 4) is 0 Å². The summed E-state index contributed by atoms with van der Waals surface area (Å²) in [4.78, 5) is 17.4. The Labute approximate surface area is 82.7 Å². The van der Waals surface area contributed by atoms with Crippen LogP contribution >= 0.6 is 0 Å². The Morgan fingerprint density at radius 1 is 1.57 bits per heavy atom. The van der Waals surface area contributed by atoms with Gasteiger partial charge in [-0.1, -0.05) is 6.07 Å². The SMILES string of the molecule is CN1C(=O)[C@H](N)C[C@H]1c1ccccn1. The summed E-state index contributed by atoms with van der Waals surface area (Å²) in [5.41, 5.74) is 6.59. The molecule has 1 amide bonds. The Morgan fingerprint density at radius 3 is 2.86 bits per heavy atom. The molecule has 14 heavy (non-hydrogen) atoms. The maximum Gasteiger partial charge on any atom is 0.239 e. The molecule has 2 N–H and O–H groups in total. The molecule has 4 heteroatoms. The van der Waals surface area contributed by atoms with Gasteiger partial charge < -0.3 is 10.6 Å². The van der Waals surface area contributed by atoms with Gasteiger partial charge in [-0.15, -0.1) is 0 Å². The van der Waals surface area contributed by atoms with Crippen molar-refractivity contribution in [2.24, 2.45) is 5.73 Å². The predicted octanol–water partition coefficient (Wildman–Crippen LogP) is 0.312. The van der Waals surface area contributed by atoms with Crippen LogP contribution in [0.25, 0.3) is 0 Å². The van der Waals surface area contributed by atoms with Crippen molar-refractivity contribution in [2.75, 3.05) is 7.05 Å². The van der Waals surface area contributed by atoms with Crippen LogP contribution < -0.4 is 5.73 Å². The van der Waals surface area contributed by atoms with Gasteiger partial charge in [-0.25, -0.2) is 0 Å². The molecule has 1 saturated heterocycles. The van der Waals surface area contributed by atoms with E-state index in [4.69, 9.17) is 5.73 Å². The first-order chi connectivity index (χ1) is 6.70. The molecule has 0 saturated carbocycles. The molecule has 1 fully saturated rings. The number of nitrogens with two attached hydrogens (primary N) is 1. The summed E-state index contributed by atoms with van der Waals surface area (Å²) in [5.74, 6) is 0.000605. The van der Waals surface area contributed by atoms with E-state index in [-0.39, 0.29) is 18.0 Å². The minimum Gasteiger partial charge on any atom is -0.336 e. The van der Waals surface area contributed by atoms with Crippen molar-refractivity contribution in [1.82, 2.24) is 9.88 Å². The third-order valence-corrected chi connectivity index (χ3v) is 2.64. The summed E-state index contributed by atoms with van der Waals surface area (Å²) >= 11 is 0. The van der Waals surface area contributed by atoms with Crippen molar-refractivity contribution in [1.29, 1.82) is 0 Å². The normalized spacial score (nSPS) is 27.0.